The molecule has 2 aromatic carbocycles. The zero-order valence-electron chi connectivity index (χ0n) is 10.0. The van der Waals surface area contributed by atoms with Crippen LogP contribution < -0.4 is 4.74 Å². The van der Waals surface area contributed by atoms with Gasteiger partial charge in [-0.2, -0.15) is 0 Å². The van der Waals surface area contributed by atoms with Gasteiger partial charge in [0.15, 0.2) is 11.6 Å². The van der Waals surface area contributed by atoms with Gasteiger partial charge >= 0.3 is 0 Å². The third-order valence-corrected chi connectivity index (χ3v) is 2.56. The average molecular weight is 230 g/mol. The van der Waals surface area contributed by atoms with Crippen LogP contribution in [0.15, 0.2) is 42.5 Å². The van der Waals surface area contributed by atoms with Gasteiger partial charge in [0.2, 0.25) is 0 Å². The number of halogens is 1. The maximum atomic E-state index is 13.4. The Hall–Kier alpha value is -1.83. The number of hydrogen-bond donors (Lipinski definition) is 0. The Bertz CT molecular complexity index is 520. The maximum Gasteiger partial charge on any atom is 0.165 e. The van der Waals surface area contributed by atoms with Crippen molar-refractivity contribution in [1.82, 2.24) is 0 Å². The minimum Gasteiger partial charge on any atom is -0.486 e. The Kier molecular flexibility index (Phi) is 3.43. The lowest BCUT2D eigenvalue weighted by Gasteiger charge is -2.08. The fourth-order valence-corrected chi connectivity index (χ4v) is 1.68. The molecule has 2 rings (SSSR count). The van der Waals surface area contributed by atoms with E-state index in [2.05, 4.69) is 0 Å². The van der Waals surface area contributed by atoms with E-state index in [0.29, 0.717) is 12.4 Å². The van der Waals surface area contributed by atoms with Gasteiger partial charge < -0.3 is 4.74 Å². The van der Waals surface area contributed by atoms with Gasteiger partial charge in [0.05, 0.1) is 0 Å². The van der Waals surface area contributed by atoms with E-state index in [9.17, 15) is 4.39 Å². The molecule has 0 saturated heterocycles. The molecule has 0 aliphatic carbocycles. The Balaban J connectivity index is 2.09. The highest BCUT2D eigenvalue weighted by atomic mass is 19.1. The molecule has 1 nitrogen and oxygen atoms in total. The van der Waals surface area contributed by atoms with Crippen LogP contribution in [-0.4, -0.2) is 0 Å². The Labute approximate surface area is 101 Å². The van der Waals surface area contributed by atoms with Crippen molar-refractivity contribution >= 4 is 0 Å². The lowest BCUT2D eigenvalue weighted by Crippen LogP contribution is -1.98. The van der Waals surface area contributed by atoms with Gasteiger partial charge in [-0.15, -0.1) is 0 Å². The summed E-state index contributed by atoms with van der Waals surface area (Å²) in [7, 11) is 0. The van der Waals surface area contributed by atoms with Crippen LogP contribution in [0.25, 0.3) is 0 Å². The third-order valence-electron chi connectivity index (χ3n) is 2.56. The molecule has 17 heavy (non-hydrogen) atoms. The summed E-state index contributed by atoms with van der Waals surface area (Å²) in [6.07, 6.45) is 0. The van der Waals surface area contributed by atoms with Crippen molar-refractivity contribution in [2.24, 2.45) is 0 Å². The minimum atomic E-state index is -0.316. The van der Waals surface area contributed by atoms with E-state index in [1.165, 1.54) is 11.6 Å². The van der Waals surface area contributed by atoms with E-state index in [1.807, 2.05) is 38.1 Å². The third kappa shape index (κ3) is 3.06. The first-order valence-corrected chi connectivity index (χ1v) is 5.59. The Morgan fingerprint density at radius 1 is 1.00 bits per heavy atom. The van der Waals surface area contributed by atoms with Gasteiger partial charge in [0.25, 0.3) is 0 Å². The predicted octanol–water partition coefficient (Wildman–Crippen LogP) is 4.02. The first-order valence-electron chi connectivity index (χ1n) is 5.59. The molecule has 2 heteroatoms. The number of hydrogen-bond acceptors (Lipinski definition) is 1. The molecule has 0 aliphatic heterocycles. The van der Waals surface area contributed by atoms with Crippen molar-refractivity contribution in [1.29, 1.82) is 0 Å². The van der Waals surface area contributed by atoms with Crippen molar-refractivity contribution in [3.05, 3.63) is 65.0 Å². The van der Waals surface area contributed by atoms with Gasteiger partial charge in [-0.05, 0) is 37.1 Å². The summed E-state index contributed by atoms with van der Waals surface area (Å²) in [5.74, 6) is -0.00485. The number of rotatable bonds is 3. The van der Waals surface area contributed by atoms with Crippen LogP contribution in [0.3, 0.4) is 0 Å². The second-order valence-corrected chi connectivity index (χ2v) is 4.21. The Morgan fingerprint density at radius 2 is 1.76 bits per heavy atom. The number of ether oxygens (including phenoxy) is 1. The van der Waals surface area contributed by atoms with Gasteiger partial charge in [-0.3, -0.25) is 0 Å². The zero-order chi connectivity index (χ0) is 12.3. The molecule has 0 spiro atoms. The second-order valence-electron chi connectivity index (χ2n) is 4.21. The van der Waals surface area contributed by atoms with Crippen LogP contribution in [0, 0.1) is 19.7 Å². The van der Waals surface area contributed by atoms with E-state index in [0.717, 1.165) is 11.1 Å². The van der Waals surface area contributed by atoms with Gasteiger partial charge in [-0.25, -0.2) is 4.39 Å². The molecular formula is C15H15FO. The molecule has 0 aliphatic rings. The first-order chi connectivity index (χ1) is 8.15. The standard InChI is InChI=1S/C15H15FO/c1-11-4-3-5-13(8-11)10-17-15-9-12(2)6-7-14(15)16/h3-9H,10H2,1-2H3. The van der Waals surface area contributed by atoms with Crippen molar-refractivity contribution < 1.29 is 9.13 Å². The van der Waals surface area contributed by atoms with Gasteiger partial charge in [-0.1, -0.05) is 35.9 Å². The zero-order valence-corrected chi connectivity index (χ0v) is 10.0. The molecule has 0 amide bonds. The van der Waals surface area contributed by atoms with Gasteiger partial charge in [0, 0.05) is 0 Å². The number of benzene rings is 2. The lowest BCUT2D eigenvalue weighted by atomic mass is 10.1. The van der Waals surface area contributed by atoms with Crippen molar-refractivity contribution in [2.75, 3.05) is 0 Å². The molecule has 0 saturated carbocycles. The summed E-state index contributed by atoms with van der Waals surface area (Å²) in [6.45, 7) is 4.33. The maximum absolute atomic E-state index is 13.4. The topological polar surface area (TPSA) is 9.23 Å². The van der Waals surface area contributed by atoms with Crippen LogP contribution in [0.5, 0.6) is 5.75 Å². The highest BCUT2D eigenvalue weighted by molar-refractivity contribution is 5.30. The summed E-state index contributed by atoms with van der Waals surface area (Å²) < 4.78 is 18.9. The summed E-state index contributed by atoms with van der Waals surface area (Å²) in [5.41, 5.74) is 3.22. The summed E-state index contributed by atoms with van der Waals surface area (Å²) in [6, 6.07) is 12.9. The lowest BCUT2D eigenvalue weighted by molar-refractivity contribution is 0.290. The molecule has 0 unspecified atom stereocenters. The second kappa shape index (κ2) is 5.00. The molecule has 0 bridgehead atoms. The van der Waals surface area contributed by atoms with Crippen LogP contribution in [-0.2, 0) is 6.61 Å². The molecule has 0 fully saturated rings. The average Bonchev–Trinajstić information content (AvgIpc) is 2.30. The van der Waals surface area contributed by atoms with Crippen LogP contribution in [0.4, 0.5) is 4.39 Å². The Morgan fingerprint density at radius 3 is 2.53 bits per heavy atom. The van der Waals surface area contributed by atoms with Crippen LogP contribution in [0.2, 0.25) is 0 Å². The van der Waals surface area contributed by atoms with E-state index < -0.39 is 0 Å². The molecular weight excluding hydrogens is 215 g/mol. The summed E-state index contributed by atoms with van der Waals surface area (Å²) >= 11 is 0. The van der Waals surface area contributed by atoms with E-state index >= 15 is 0 Å². The normalized spacial score (nSPS) is 10.3. The molecule has 88 valence electrons. The highest BCUT2D eigenvalue weighted by Gasteiger charge is 2.03. The number of aryl methyl sites for hydroxylation is 2. The van der Waals surface area contributed by atoms with Crippen molar-refractivity contribution in [3.8, 4) is 5.75 Å². The summed E-state index contributed by atoms with van der Waals surface area (Å²) in [4.78, 5) is 0. The minimum absolute atomic E-state index is 0.312. The smallest absolute Gasteiger partial charge is 0.165 e. The van der Waals surface area contributed by atoms with E-state index in [-0.39, 0.29) is 5.82 Å². The fourth-order valence-electron chi connectivity index (χ4n) is 1.68. The first kappa shape index (κ1) is 11.6. The molecule has 0 atom stereocenters. The SMILES string of the molecule is Cc1cccc(COc2cc(C)ccc2F)c1. The molecule has 0 N–H and O–H groups in total. The quantitative estimate of drug-likeness (QED) is 0.773. The highest BCUT2D eigenvalue weighted by Crippen LogP contribution is 2.19. The molecule has 0 radical (unpaired) electrons. The molecule has 2 aromatic rings. The monoisotopic (exact) mass is 230 g/mol. The summed E-state index contributed by atoms with van der Waals surface area (Å²) in [5, 5.41) is 0. The van der Waals surface area contributed by atoms with Crippen molar-refractivity contribution in [3.63, 3.8) is 0 Å². The van der Waals surface area contributed by atoms with E-state index in [4.69, 9.17) is 4.74 Å². The van der Waals surface area contributed by atoms with Crippen LogP contribution >= 0.6 is 0 Å². The predicted molar refractivity (Wildman–Crippen MR) is 66.6 cm³/mol. The van der Waals surface area contributed by atoms with E-state index in [1.54, 1.807) is 12.1 Å². The largest absolute Gasteiger partial charge is 0.486 e. The van der Waals surface area contributed by atoms with Crippen LogP contribution in [0.1, 0.15) is 16.7 Å². The van der Waals surface area contributed by atoms with Gasteiger partial charge in [0.1, 0.15) is 6.61 Å². The molecule has 0 heterocycles. The fraction of sp³-hybridized carbons (Fsp3) is 0.200. The molecule has 0 aromatic heterocycles. The van der Waals surface area contributed by atoms with Crippen molar-refractivity contribution in [2.45, 2.75) is 20.5 Å².